The summed E-state index contributed by atoms with van der Waals surface area (Å²) in [6, 6.07) is 10.5. The van der Waals surface area contributed by atoms with Crippen LogP contribution >= 0.6 is 11.3 Å². The van der Waals surface area contributed by atoms with Crippen LogP contribution in [0.1, 0.15) is 30.1 Å². The molecule has 0 saturated heterocycles. The third-order valence-electron chi connectivity index (χ3n) is 3.30. The maximum absolute atomic E-state index is 9.31. The van der Waals surface area contributed by atoms with E-state index >= 15 is 0 Å². The van der Waals surface area contributed by atoms with E-state index in [0.29, 0.717) is 5.57 Å². The zero-order chi connectivity index (χ0) is 15.2. The Morgan fingerprint density at radius 1 is 1.29 bits per heavy atom. The van der Waals surface area contributed by atoms with Gasteiger partial charge in [0.25, 0.3) is 0 Å². The minimum absolute atomic E-state index is 0.615. The number of aromatic nitrogens is 1. The van der Waals surface area contributed by atoms with Gasteiger partial charge in [0.2, 0.25) is 0 Å². The molecular formula is C17H19N3S. The number of nitrogens with zero attached hydrogens (tertiary/aromatic N) is 3. The van der Waals surface area contributed by atoms with Crippen LogP contribution in [-0.4, -0.2) is 18.1 Å². The summed E-state index contributed by atoms with van der Waals surface area (Å²) in [7, 11) is 0. The number of rotatable bonds is 5. The van der Waals surface area contributed by atoms with E-state index in [4.69, 9.17) is 0 Å². The number of aryl methyl sites for hydroxylation is 1. The Hall–Kier alpha value is -2.12. The molecular weight excluding hydrogens is 278 g/mol. The summed E-state index contributed by atoms with van der Waals surface area (Å²) in [5.74, 6) is 0. The van der Waals surface area contributed by atoms with Crippen LogP contribution in [0.25, 0.3) is 11.6 Å². The average Bonchev–Trinajstić information content (AvgIpc) is 2.94. The van der Waals surface area contributed by atoms with Gasteiger partial charge in [0.15, 0.2) is 0 Å². The maximum Gasteiger partial charge on any atom is 0.134 e. The second kappa shape index (κ2) is 7.05. The minimum Gasteiger partial charge on any atom is -0.372 e. The third-order valence-corrected chi connectivity index (χ3v) is 4.30. The smallest absolute Gasteiger partial charge is 0.134 e. The zero-order valence-corrected chi connectivity index (χ0v) is 13.4. The average molecular weight is 297 g/mol. The van der Waals surface area contributed by atoms with Crippen molar-refractivity contribution in [2.24, 2.45) is 0 Å². The molecule has 0 bridgehead atoms. The van der Waals surface area contributed by atoms with Crippen LogP contribution in [-0.2, 0) is 0 Å². The van der Waals surface area contributed by atoms with Crippen molar-refractivity contribution in [2.45, 2.75) is 20.8 Å². The Balaban J connectivity index is 2.26. The topological polar surface area (TPSA) is 39.9 Å². The number of allylic oxidation sites excluding steroid dienone is 1. The van der Waals surface area contributed by atoms with Crippen LogP contribution in [0, 0.1) is 18.3 Å². The molecule has 0 atom stereocenters. The molecule has 1 aromatic heterocycles. The highest BCUT2D eigenvalue weighted by molar-refractivity contribution is 7.11. The molecule has 2 aromatic rings. The Labute approximate surface area is 130 Å². The van der Waals surface area contributed by atoms with Crippen molar-refractivity contribution >= 4 is 28.7 Å². The lowest BCUT2D eigenvalue weighted by Crippen LogP contribution is -2.21. The molecule has 0 aliphatic carbocycles. The normalized spacial score (nSPS) is 11.2. The summed E-state index contributed by atoms with van der Waals surface area (Å²) < 4.78 is 0. The van der Waals surface area contributed by atoms with Crippen LogP contribution in [0.4, 0.5) is 5.69 Å². The molecule has 1 aromatic carbocycles. The molecule has 0 N–H and O–H groups in total. The first kappa shape index (κ1) is 15.3. The van der Waals surface area contributed by atoms with Crippen molar-refractivity contribution < 1.29 is 0 Å². The molecule has 108 valence electrons. The second-order valence-electron chi connectivity index (χ2n) is 4.73. The molecule has 4 heteroatoms. The number of anilines is 1. The lowest BCUT2D eigenvalue weighted by atomic mass is 10.1. The van der Waals surface area contributed by atoms with Crippen molar-refractivity contribution in [1.29, 1.82) is 5.26 Å². The summed E-state index contributed by atoms with van der Waals surface area (Å²) in [5.41, 5.74) is 3.80. The van der Waals surface area contributed by atoms with Crippen molar-refractivity contribution in [3.63, 3.8) is 0 Å². The first-order chi connectivity index (χ1) is 10.2. The molecule has 21 heavy (non-hydrogen) atoms. The molecule has 0 amide bonds. The van der Waals surface area contributed by atoms with Crippen LogP contribution in [0.5, 0.6) is 0 Å². The highest BCUT2D eigenvalue weighted by Crippen LogP contribution is 2.22. The van der Waals surface area contributed by atoms with E-state index < -0.39 is 0 Å². The molecule has 0 saturated carbocycles. The molecule has 0 aliphatic rings. The molecule has 2 rings (SSSR count). The Kier molecular flexibility index (Phi) is 5.13. The van der Waals surface area contributed by atoms with Gasteiger partial charge in [-0.2, -0.15) is 5.26 Å². The van der Waals surface area contributed by atoms with E-state index in [1.807, 2.05) is 30.5 Å². The summed E-state index contributed by atoms with van der Waals surface area (Å²) >= 11 is 1.51. The van der Waals surface area contributed by atoms with E-state index in [0.717, 1.165) is 29.4 Å². The first-order valence-electron chi connectivity index (χ1n) is 7.07. The van der Waals surface area contributed by atoms with Gasteiger partial charge in [-0.25, -0.2) is 4.98 Å². The summed E-state index contributed by atoms with van der Waals surface area (Å²) in [6.07, 6.45) is 1.89. The molecule has 1 heterocycles. The fraction of sp³-hybridized carbons (Fsp3) is 0.294. The number of thiazole rings is 1. The van der Waals surface area contributed by atoms with Crippen molar-refractivity contribution in [3.05, 3.63) is 45.9 Å². The lowest BCUT2D eigenvalue weighted by Gasteiger charge is -2.20. The number of hydrogen-bond donors (Lipinski definition) is 0. The summed E-state index contributed by atoms with van der Waals surface area (Å²) in [6.45, 7) is 8.22. The van der Waals surface area contributed by atoms with Gasteiger partial charge >= 0.3 is 0 Å². The predicted octanol–water partition coefficient (Wildman–Crippen LogP) is 4.36. The van der Waals surface area contributed by atoms with Gasteiger partial charge < -0.3 is 4.90 Å². The van der Waals surface area contributed by atoms with E-state index in [1.165, 1.54) is 17.0 Å². The number of nitriles is 1. The first-order valence-corrected chi connectivity index (χ1v) is 7.95. The van der Waals surface area contributed by atoms with Crippen LogP contribution in [0.2, 0.25) is 0 Å². The largest absolute Gasteiger partial charge is 0.372 e. The third kappa shape index (κ3) is 3.71. The fourth-order valence-corrected chi connectivity index (χ4v) is 2.92. The van der Waals surface area contributed by atoms with Gasteiger partial charge in [0.05, 0.1) is 5.57 Å². The molecule has 3 nitrogen and oxygen atoms in total. The standard InChI is InChI=1S/C17H19N3S/c1-4-20(5-2)16-8-6-14(7-9-16)10-15(11-18)17-19-13(3)12-21-17/h6-10,12H,4-5H2,1-3H3. The monoisotopic (exact) mass is 297 g/mol. The van der Waals surface area contributed by atoms with Gasteiger partial charge in [-0.15, -0.1) is 11.3 Å². The van der Waals surface area contributed by atoms with Gasteiger partial charge in [0, 0.05) is 29.9 Å². The predicted molar refractivity (Wildman–Crippen MR) is 90.3 cm³/mol. The highest BCUT2D eigenvalue weighted by atomic mass is 32.1. The van der Waals surface area contributed by atoms with Crippen molar-refractivity contribution in [3.8, 4) is 6.07 Å². The van der Waals surface area contributed by atoms with Crippen LogP contribution in [0.15, 0.2) is 29.6 Å². The van der Waals surface area contributed by atoms with Crippen LogP contribution in [0.3, 0.4) is 0 Å². The van der Waals surface area contributed by atoms with E-state index in [9.17, 15) is 5.26 Å². The quantitative estimate of drug-likeness (QED) is 0.770. The minimum atomic E-state index is 0.615. The fourth-order valence-electron chi connectivity index (χ4n) is 2.16. The summed E-state index contributed by atoms with van der Waals surface area (Å²) in [4.78, 5) is 6.66. The molecule has 0 fully saturated rings. The van der Waals surface area contributed by atoms with E-state index in [1.54, 1.807) is 0 Å². The van der Waals surface area contributed by atoms with Gasteiger partial charge in [-0.1, -0.05) is 12.1 Å². The van der Waals surface area contributed by atoms with E-state index in [-0.39, 0.29) is 0 Å². The Morgan fingerprint density at radius 2 is 1.95 bits per heavy atom. The van der Waals surface area contributed by atoms with Crippen LogP contribution < -0.4 is 4.90 Å². The molecule has 0 radical (unpaired) electrons. The number of benzene rings is 1. The maximum atomic E-state index is 9.31. The zero-order valence-electron chi connectivity index (χ0n) is 12.6. The van der Waals surface area contributed by atoms with Crippen molar-refractivity contribution in [2.75, 3.05) is 18.0 Å². The Morgan fingerprint density at radius 3 is 2.43 bits per heavy atom. The molecule has 0 spiro atoms. The summed E-state index contributed by atoms with van der Waals surface area (Å²) in [5, 5.41) is 12.1. The van der Waals surface area contributed by atoms with Gasteiger partial charge in [-0.05, 0) is 44.5 Å². The highest BCUT2D eigenvalue weighted by Gasteiger charge is 2.06. The molecule has 0 aliphatic heterocycles. The second-order valence-corrected chi connectivity index (χ2v) is 5.59. The molecule has 0 unspecified atom stereocenters. The van der Waals surface area contributed by atoms with Gasteiger partial charge in [-0.3, -0.25) is 0 Å². The number of hydrogen-bond acceptors (Lipinski definition) is 4. The van der Waals surface area contributed by atoms with E-state index in [2.05, 4.69) is 41.9 Å². The SMILES string of the molecule is CCN(CC)c1ccc(C=C(C#N)c2nc(C)cs2)cc1. The lowest BCUT2D eigenvalue weighted by molar-refractivity contribution is 0.866. The van der Waals surface area contributed by atoms with Gasteiger partial charge in [0.1, 0.15) is 11.1 Å². The Bertz CT molecular complexity index is 658. The van der Waals surface area contributed by atoms with Crippen molar-refractivity contribution in [1.82, 2.24) is 4.98 Å².